The molecule has 2 nitrogen and oxygen atoms in total. The predicted molar refractivity (Wildman–Crippen MR) is 37.5 cm³/mol. The molecular weight excluding hydrogens is 126 g/mol. The van der Waals surface area contributed by atoms with Crippen LogP contribution in [-0.4, -0.2) is 10.1 Å². The number of aliphatic hydroxyl groups is 1. The lowest BCUT2D eigenvalue weighted by atomic mass is 10.2. The minimum Gasteiger partial charge on any atom is -0.388 e. The molecule has 0 aliphatic heterocycles. The molecule has 0 amide bonds. The summed E-state index contributed by atoms with van der Waals surface area (Å²) in [5, 5.41) is 9.35. The molecule has 1 atom stereocenters. The monoisotopic (exact) mass is 135 g/mol. The summed E-state index contributed by atoms with van der Waals surface area (Å²) in [6.45, 7) is 0. The maximum Gasteiger partial charge on any atom is 0.0797 e. The molecule has 1 aliphatic carbocycles. The SMILES string of the molecule is OC1CCc2cnccc21. The van der Waals surface area contributed by atoms with Gasteiger partial charge in [0.25, 0.3) is 0 Å². The van der Waals surface area contributed by atoms with Crippen molar-refractivity contribution < 1.29 is 5.11 Å². The van der Waals surface area contributed by atoms with Gasteiger partial charge in [-0.15, -0.1) is 0 Å². The van der Waals surface area contributed by atoms with E-state index in [1.165, 1.54) is 5.56 Å². The number of pyridine rings is 1. The van der Waals surface area contributed by atoms with Crippen LogP contribution in [0.3, 0.4) is 0 Å². The van der Waals surface area contributed by atoms with E-state index in [1.807, 2.05) is 12.3 Å². The third-order valence-electron chi connectivity index (χ3n) is 1.99. The minimum absolute atomic E-state index is 0.238. The maximum absolute atomic E-state index is 9.35. The molecule has 1 unspecified atom stereocenters. The fraction of sp³-hybridized carbons (Fsp3) is 0.375. The average molecular weight is 135 g/mol. The molecule has 2 rings (SSSR count). The van der Waals surface area contributed by atoms with Gasteiger partial charge in [0, 0.05) is 12.4 Å². The van der Waals surface area contributed by atoms with E-state index in [1.54, 1.807) is 6.20 Å². The molecule has 0 radical (unpaired) electrons. The molecule has 0 spiro atoms. The van der Waals surface area contributed by atoms with Crippen LogP contribution in [0, 0.1) is 0 Å². The fourth-order valence-corrected chi connectivity index (χ4v) is 1.42. The fourth-order valence-electron chi connectivity index (χ4n) is 1.42. The van der Waals surface area contributed by atoms with Gasteiger partial charge in [0.2, 0.25) is 0 Å². The van der Waals surface area contributed by atoms with E-state index in [9.17, 15) is 5.11 Å². The van der Waals surface area contributed by atoms with Gasteiger partial charge in [-0.2, -0.15) is 0 Å². The number of rotatable bonds is 0. The van der Waals surface area contributed by atoms with E-state index in [0.717, 1.165) is 18.4 Å². The van der Waals surface area contributed by atoms with Gasteiger partial charge in [0.1, 0.15) is 0 Å². The second-order valence-electron chi connectivity index (χ2n) is 2.63. The van der Waals surface area contributed by atoms with Crippen molar-refractivity contribution in [2.45, 2.75) is 18.9 Å². The van der Waals surface area contributed by atoms with Gasteiger partial charge in [-0.3, -0.25) is 4.98 Å². The van der Waals surface area contributed by atoms with Crippen molar-refractivity contribution in [1.82, 2.24) is 4.98 Å². The van der Waals surface area contributed by atoms with Crippen LogP contribution in [0.15, 0.2) is 18.5 Å². The molecule has 1 heterocycles. The van der Waals surface area contributed by atoms with Crippen LogP contribution >= 0.6 is 0 Å². The van der Waals surface area contributed by atoms with E-state index in [2.05, 4.69) is 4.98 Å². The van der Waals surface area contributed by atoms with Gasteiger partial charge in [-0.1, -0.05) is 0 Å². The number of nitrogens with zero attached hydrogens (tertiary/aromatic N) is 1. The third kappa shape index (κ3) is 0.727. The van der Waals surface area contributed by atoms with Crippen LogP contribution in [0.5, 0.6) is 0 Å². The molecule has 0 aromatic carbocycles. The average Bonchev–Trinajstić information content (AvgIpc) is 2.34. The molecule has 1 aliphatic rings. The van der Waals surface area contributed by atoms with Crippen LogP contribution in [0.25, 0.3) is 0 Å². The highest BCUT2D eigenvalue weighted by molar-refractivity contribution is 5.29. The molecule has 0 saturated heterocycles. The van der Waals surface area contributed by atoms with Crippen LogP contribution in [0.2, 0.25) is 0 Å². The van der Waals surface area contributed by atoms with Crippen LogP contribution < -0.4 is 0 Å². The molecule has 1 aromatic heterocycles. The molecule has 2 heteroatoms. The molecular formula is C8H9NO. The Labute approximate surface area is 59.5 Å². The Bertz CT molecular complexity index is 247. The Kier molecular flexibility index (Phi) is 1.21. The summed E-state index contributed by atoms with van der Waals surface area (Å²) in [6.07, 6.45) is 5.17. The highest BCUT2D eigenvalue weighted by Gasteiger charge is 2.18. The smallest absolute Gasteiger partial charge is 0.0797 e. The summed E-state index contributed by atoms with van der Waals surface area (Å²) in [7, 11) is 0. The second kappa shape index (κ2) is 2.06. The van der Waals surface area contributed by atoms with Crippen LogP contribution in [0.4, 0.5) is 0 Å². The first kappa shape index (κ1) is 5.86. The molecule has 1 aromatic rings. The lowest BCUT2D eigenvalue weighted by molar-refractivity contribution is 0.180. The molecule has 1 N–H and O–H groups in total. The molecule has 0 saturated carbocycles. The zero-order chi connectivity index (χ0) is 6.97. The molecule has 0 bridgehead atoms. The van der Waals surface area contributed by atoms with Crippen molar-refractivity contribution in [1.29, 1.82) is 0 Å². The Morgan fingerprint density at radius 2 is 2.50 bits per heavy atom. The number of aliphatic hydroxyl groups excluding tert-OH is 1. The predicted octanol–water partition coefficient (Wildman–Crippen LogP) is 1.06. The summed E-state index contributed by atoms with van der Waals surface area (Å²) in [5.74, 6) is 0. The largest absolute Gasteiger partial charge is 0.388 e. The van der Waals surface area contributed by atoms with Crippen molar-refractivity contribution in [2.75, 3.05) is 0 Å². The topological polar surface area (TPSA) is 33.1 Å². The van der Waals surface area contributed by atoms with E-state index >= 15 is 0 Å². The van der Waals surface area contributed by atoms with E-state index in [-0.39, 0.29) is 6.10 Å². The quantitative estimate of drug-likeness (QED) is 0.577. The second-order valence-corrected chi connectivity index (χ2v) is 2.63. The standard InChI is InChI=1S/C8H9NO/c10-8-2-1-6-5-9-4-3-7(6)8/h3-5,8,10H,1-2H2. The number of hydrogen-bond acceptors (Lipinski definition) is 2. The molecule has 0 fully saturated rings. The summed E-state index contributed by atoms with van der Waals surface area (Å²) in [4.78, 5) is 3.98. The zero-order valence-electron chi connectivity index (χ0n) is 5.62. The number of fused-ring (bicyclic) bond motifs is 1. The van der Waals surface area contributed by atoms with Gasteiger partial charge in [0.15, 0.2) is 0 Å². The van der Waals surface area contributed by atoms with Crippen molar-refractivity contribution in [3.63, 3.8) is 0 Å². The lowest BCUT2D eigenvalue weighted by Crippen LogP contribution is -1.89. The van der Waals surface area contributed by atoms with Gasteiger partial charge in [-0.05, 0) is 30.0 Å². The van der Waals surface area contributed by atoms with Gasteiger partial charge in [0.05, 0.1) is 6.10 Å². The van der Waals surface area contributed by atoms with Crippen molar-refractivity contribution >= 4 is 0 Å². The van der Waals surface area contributed by atoms with Crippen molar-refractivity contribution in [3.8, 4) is 0 Å². The van der Waals surface area contributed by atoms with Gasteiger partial charge >= 0.3 is 0 Å². The van der Waals surface area contributed by atoms with Crippen molar-refractivity contribution in [3.05, 3.63) is 29.6 Å². The number of hydrogen-bond donors (Lipinski definition) is 1. The first-order chi connectivity index (χ1) is 4.88. The van der Waals surface area contributed by atoms with Crippen LogP contribution in [0.1, 0.15) is 23.7 Å². The Morgan fingerprint density at radius 1 is 1.60 bits per heavy atom. The van der Waals surface area contributed by atoms with Crippen LogP contribution in [-0.2, 0) is 6.42 Å². The summed E-state index contributed by atoms with van der Waals surface area (Å²) >= 11 is 0. The summed E-state index contributed by atoms with van der Waals surface area (Å²) in [6, 6.07) is 1.90. The first-order valence-electron chi connectivity index (χ1n) is 3.49. The number of aryl methyl sites for hydroxylation is 1. The Balaban J connectivity index is 2.51. The van der Waals surface area contributed by atoms with E-state index in [0.29, 0.717) is 0 Å². The van der Waals surface area contributed by atoms with Gasteiger partial charge in [-0.25, -0.2) is 0 Å². The van der Waals surface area contributed by atoms with E-state index in [4.69, 9.17) is 0 Å². The zero-order valence-corrected chi connectivity index (χ0v) is 5.62. The highest BCUT2D eigenvalue weighted by atomic mass is 16.3. The van der Waals surface area contributed by atoms with E-state index < -0.39 is 0 Å². The molecule has 10 heavy (non-hydrogen) atoms. The minimum atomic E-state index is -0.238. The summed E-state index contributed by atoms with van der Waals surface area (Å²) < 4.78 is 0. The lowest BCUT2D eigenvalue weighted by Gasteiger charge is -2.00. The summed E-state index contributed by atoms with van der Waals surface area (Å²) in [5.41, 5.74) is 2.27. The number of aromatic nitrogens is 1. The van der Waals surface area contributed by atoms with Gasteiger partial charge < -0.3 is 5.11 Å². The Hall–Kier alpha value is -0.890. The third-order valence-corrected chi connectivity index (χ3v) is 1.99. The molecule has 52 valence electrons. The first-order valence-corrected chi connectivity index (χ1v) is 3.49. The highest BCUT2D eigenvalue weighted by Crippen LogP contribution is 2.29. The Morgan fingerprint density at radius 3 is 3.30 bits per heavy atom. The maximum atomic E-state index is 9.35. The normalized spacial score (nSPS) is 22.7. The van der Waals surface area contributed by atoms with Crippen molar-refractivity contribution in [2.24, 2.45) is 0 Å².